The SMILES string of the molecule is Cc1cccc(-c2cccc(-n3c4ccccc4c4cc(-c5ccc6c(c5)c5ccccc5n6-c5ccc6oc7ccccc7c6c5)ccc43)c2)c1. The van der Waals surface area contributed by atoms with Crippen molar-refractivity contribution in [3.63, 3.8) is 0 Å². The molecule has 0 aliphatic rings. The summed E-state index contributed by atoms with van der Waals surface area (Å²) in [6, 6.07) is 63.8. The Morgan fingerprint density at radius 3 is 1.52 bits per heavy atom. The molecule has 8 aromatic carbocycles. The molecule has 0 saturated carbocycles. The normalized spacial score (nSPS) is 11.9. The quantitative estimate of drug-likeness (QED) is 0.184. The zero-order chi connectivity index (χ0) is 34.3. The number of para-hydroxylation sites is 3. The summed E-state index contributed by atoms with van der Waals surface area (Å²) in [6.07, 6.45) is 0. The van der Waals surface area contributed by atoms with E-state index in [9.17, 15) is 0 Å². The van der Waals surface area contributed by atoms with Crippen LogP contribution < -0.4 is 0 Å². The third kappa shape index (κ3) is 4.33. The number of aromatic nitrogens is 2. The summed E-state index contributed by atoms with van der Waals surface area (Å²) in [5, 5.41) is 7.24. The molecule has 3 aromatic heterocycles. The molecule has 0 N–H and O–H groups in total. The van der Waals surface area contributed by atoms with Crippen molar-refractivity contribution in [2.24, 2.45) is 0 Å². The van der Waals surface area contributed by atoms with E-state index in [4.69, 9.17) is 4.42 Å². The van der Waals surface area contributed by atoms with Crippen molar-refractivity contribution in [3.8, 4) is 33.6 Å². The van der Waals surface area contributed by atoms with Gasteiger partial charge in [-0.25, -0.2) is 0 Å². The fourth-order valence-electron chi connectivity index (χ4n) is 8.36. The first-order valence-corrected chi connectivity index (χ1v) is 17.8. The van der Waals surface area contributed by atoms with E-state index in [-0.39, 0.29) is 0 Å². The fourth-order valence-corrected chi connectivity index (χ4v) is 8.36. The first-order valence-electron chi connectivity index (χ1n) is 17.8. The van der Waals surface area contributed by atoms with Gasteiger partial charge in [-0.15, -0.1) is 0 Å². The van der Waals surface area contributed by atoms with Gasteiger partial charge in [-0.05, 0) is 102 Å². The van der Waals surface area contributed by atoms with E-state index in [1.54, 1.807) is 0 Å². The molecule has 3 heteroatoms. The average Bonchev–Trinajstić information content (AvgIpc) is 3.85. The van der Waals surface area contributed by atoms with Gasteiger partial charge in [0.05, 0.1) is 22.1 Å². The standard InChI is InChI=1S/C49H32N2O/c1-31-10-8-11-32(26-31)33-12-9-13-36(27-33)50-44-17-5-2-14-38(44)41-28-34(20-23-46(41)50)35-21-24-47-42(29-35)39-15-3-6-18-45(39)51(47)37-22-25-49-43(30-37)40-16-4-7-19-48(40)52-49/h2-30H,1H3. The highest BCUT2D eigenvalue weighted by Crippen LogP contribution is 2.39. The summed E-state index contributed by atoms with van der Waals surface area (Å²) in [4.78, 5) is 0. The van der Waals surface area contributed by atoms with Gasteiger partial charge >= 0.3 is 0 Å². The molecule has 0 spiro atoms. The van der Waals surface area contributed by atoms with E-state index in [1.807, 2.05) is 12.1 Å². The van der Waals surface area contributed by atoms with Gasteiger partial charge in [0.2, 0.25) is 0 Å². The van der Waals surface area contributed by atoms with E-state index < -0.39 is 0 Å². The van der Waals surface area contributed by atoms with Crippen LogP contribution in [0, 0.1) is 6.92 Å². The van der Waals surface area contributed by atoms with E-state index in [0.717, 1.165) is 33.3 Å². The van der Waals surface area contributed by atoms with Crippen LogP contribution in [0.15, 0.2) is 180 Å². The van der Waals surface area contributed by atoms with Gasteiger partial charge in [0.1, 0.15) is 11.2 Å². The molecule has 3 heterocycles. The van der Waals surface area contributed by atoms with Crippen LogP contribution in [0.5, 0.6) is 0 Å². The monoisotopic (exact) mass is 664 g/mol. The number of fused-ring (bicyclic) bond motifs is 9. The topological polar surface area (TPSA) is 23.0 Å². The number of hydrogen-bond acceptors (Lipinski definition) is 1. The van der Waals surface area contributed by atoms with Crippen molar-refractivity contribution in [2.45, 2.75) is 6.92 Å². The molecule has 0 saturated heterocycles. The van der Waals surface area contributed by atoms with Gasteiger partial charge < -0.3 is 13.6 Å². The summed E-state index contributed by atoms with van der Waals surface area (Å²) >= 11 is 0. The van der Waals surface area contributed by atoms with Crippen LogP contribution in [0.4, 0.5) is 0 Å². The lowest BCUT2D eigenvalue weighted by atomic mass is 10.0. The third-order valence-electron chi connectivity index (χ3n) is 10.8. The average molecular weight is 665 g/mol. The van der Waals surface area contributed by atoms with Gasteiger partial charge in [-0.3, -0.25) is 0 Å². The first kappa shape index (κ1) is 28.9. The molecule has 11 aromatic rings. The van der Waals surface area contributed by atoms with Crippen molar-refractivity contribution in [1.82, 2.24) is 9.13 Å². The summed E-state index contributed by atoms with van der Waals surface area (Å²) in [5.74, 6) is 0. The van der Waals surface area contributed by atoms with Crippen LogP contribution in [-0.4, -0.2) is 9.13 Å². The summed E-state index contributed by atoms with van der Waals surface area (Å²) in [7, 11) is 0. The van der Waals surface area contributed by atoms with E-state index in [0.29, 0.717) is 0 Å². The number of furan rings is 1. The molecule has 0 unspecified atom stereocenters. The van der Waals surface area contributed by atoms with E-state index in [1.165, 1.54) is 71.4 Å². The Morgan fingerprint density at radius 1 is 0.327 bits per heavy atom. The lowest BCUT2D eigenvalue weighted by molar-refractivity contribution is 0.669. The Bertz CT molecular complexity index is 3210. The Balaban J connectivity index is 1.07. The number of benzene rings is 8. The van der Waals surface area contributed by atoms with Crippen molar-refractivity contribution in [1.29, 1.82) is 0 Å². The van der Waals surface area contributed by atoms with Gasteiger partial charge in [0.15, 0.2) is 0 Å². The second kappa shape index (κ2) is 11.1. The molecule has 0 bridgehead atoms. The molecule has 11 rings (SSSR count). The predicted molar refractivity (Wildman–Crippen MR) is 218 cm³/mol. The molecule has 244 valence electrons. The molecule has 0 atom stereocenters. The van der Waals surface area contributed by atoms with Gasteiger partial charge in [-0.1, -0.05) is 109 Å². The molecule has 3 nitrogen and oxygen atoms in total. The highest BCUT2D eigenvalue weighted by atomic mass is 16.3. The fraction of sp³-hybridized carbons (Fsp3) is 0.0204. The molecule has 0 aliphatic carbocycles. The highest BCUT2D eigenvalue weighted by Gasteiger charge is 2.17. The van der Waals surface area contributed by atoms with Crippen molar-refractivity contribution in [3.05, 3.63) is 181 Å². The van der Waals surface area contributed by atoms with Gasteiger partial charge in [0.25, 0.3) is 0 Å². The van der Waals surface area contributed by atoms with Gasteiger partial charge in [0, 0.05) is 43.7 Å². The minimum Gasteiger partial charge on any atom is -0.456 e. The zero-order valence-corrected chi connectivity index (χ0v) is 28.5. The van der Waals surface area contributed by atoms with Crippen LogP contribution in [0.3, 0.4) is 0 Å². The molecule has 0 aliphatic heterocycles. The summed E-state index contributed by atoms with van der Waals surface area (Å²) in [5.41, 5.74) is 15.0. The van der Waals surface area contributed by atoms with Gasteiger partial charge in [-0.2, -0.15) is 0 Å². The lowest BCUT2D eigenvalue weighted by Gasteiger charge is -2.11. The largest absolute Gasteiger partial charge is 0.456 e. The number of rotatable bonds is 4. The van der Waals surface area contributed by atoms with E-state index >= 15 is 0 Å². The Kier molecular flexibility index (Phi) is 6.17. The first-order chi connectivity index (χ1) is 25.7. The maximum absolute atomic E-state index is 6.16. The van der Waals surface area contributed by atoms with E-state index in [2.05, 4.69) is 180 Å². The zero-order valence-electron chi connectivity index (χ0n) is 28.5. The lowest BCUT2D eigenvalue weighted by Crippen LogP contribution is -1.94. The van der Waals surface area contributed by atoms with Crippen molar-refractivity contribution >= 4 is 65.6 Å². The van der Waals surface area contributed by atoms with Crippen LogP contribution >= 0.6 is 0 Å². The van der Waals surface area contributed by atoms with Crippen LogP contribution in [-0.2, 0) is 0 Å². The number of hydrogen-bond donors (Lipinski definition) is 0. The Morgan fingerprint density at radius 2 is 0.846 bits per heavy atom. The third-order valence-corrected chi connectivity index (χ3v) is 10.8. The van der Waals surface area contributed by atoms with Crippen LogP contribution in [0.2, 0.25) is 0 Å². The highest BCUT2D eigenvalue weighted by molar-refractivity contribution is 6.13. The minimum absolute atomic E-state index is 0.906. The second-order valence-corrected chi connectivity index (χ2v) is 13.9. The molecule has 0 amide bonds. The molecule has 52 heavy (non-hydrogen) atoms. The summed E-state index contributed by atoms with van der Waals surface area (Å²) < 4.78 is 11.0. The van der Waals surface area contributed by atoms with Crippen LogP contribution in [0.25, 0.3) is 99.2 Å². The van der Waals surface area contributed by atoms with Crippen molar-refractivity contribution < 1.29 is 4.42 Å². The minimum atomic E-state index is 0.906. The molecular formula is C49H32N2O. The number of nitrogens with zero attached hydrogens (tertiary/aromatic N) is 2. The maximum atomic E-state index is 6.16. The number of aryl methyl sites for hydroxylation is 1. The molecular weight excluding hydrogens is 633 g/mol. The van der Waals surface area contributed by atoms with Crippen LogP contribution in [0.1, 0.15) is 5.56 Å². The molecule has 0 radical (unpaired) electrons. The molecule has 0 fully saturated rings. The Labute approximate surface area is 300 Å². The Hall–Kier alpha value is -6.84. The maximum Gasteiger partial charge on any atom is 0.135 e. The smallest absolute Gasteiger partial charge is 0.135 e. The predicted octanol–water partition coefficient (Wildman–Crippen LogP) is 13.4. The van der Waals surface area contributed by atoms with Crippen molar-refractivity contribution in [2.75, 3.05) is 0 Å². The second-order valence-electron chi connectivity index (χ2n) is 13.9. The summed E-state index contributed by atoms with van der Waals surface area (Å²) in [6.45, 7) is 2.15.